The Morgan fingerprint density at radius 3 is 2.36 bits per heavy atom. The zero-order valence-electron chi connectivity index (χ0n) is 16.3. The molecule has 0 radical (unpaired) electrons. The highest BCUT2D eigenvalue weighted by Crippen LogP contribution is 2.29. The molecule has 0 spiro atoms. The number of fused-ring (bicyclic) bond motifs is 3. The predicted octanol–water partition coefficient (Wildman–Crippen LogP) is 5.69. The molecule has 0 saturated carbocycles. The van der Waals surface area contributed by atoms with E-state index >= 15 is 0 Å². The number of allylic oxidation sites excluding steroid dienone is 3. The summed E-state index contributed by atoms with van der Waals surface area (Å²) in [6.45, 7) is 5.15. The van der Waals surface area contributed by atoms with Gasteiger partial charge in [-0.3, -0.25) is 0 Å². The third-order valence-corrected chi connectivity index (χ3v) is 5.83. The minimum absolute atomic E-state index is 0.939. The second-order valence-electron chi connectivity index (χ2n) is 7.58. The van der Waals surface area contributed by atoms with Gasteiger partial charge in [0.2, 0.25) is 0 Å². The molecule has 3 nitrogen and oxygen atoms in total. The molecule has 0 amide bonds. The number of hydrogen-bond acceptors (Lipinski definition) is 2. The Morgan fingerprint density at radius 2 is 1.61 bits per heavy atom. The van der Waals surface area contributed by atoms with Crippen molar-refractivity contribution in [3.05, 3.63) is 84.1 Å². The van der Waals surface area contributed by atoms with Crippen LogP contribution in [0.4, 0.5) is 0 Å². The SMILES string of the molecule is CC1=NC2=C(C=CC=CC2)CN1CCCn1c2ccccc2c2ccccc21. The third kappa shape index (κ3) is 2.97. The molecule has 0 atom stereocenters. The van der Waals surface area contributed by atoms with Crippen molar-refractivity contribution in [1.82, 2.24) is 9.47 Å². The Labute approximate surface area is 166 Å². The first-order valence-electron chi connectivity index (χ1n) is 10.1. The molecule has 140 valence electrons. The van der Waals surface area contributed by atoms with Gasteiger partial charge in [0.15, 0.2) is 0 Å². The van der Waals surface area contributed by atoms with E-state index in [1.165, 1.54) is 33.1 Å². The third-order valence-electron chi connectivity index (χ3n) is 5.83. The summed E-state index contributed by atoms with van der Waals surface area (Å²) >= 11 is 0. The Hall–Kier alpha value is -3.07. The summed E-state index contributed by atoms with van der Waals surface area (Å²) < 4.78 is 2.47. The smallest absolute Gasteiger partial charge is 0.102 e. The van der Waals surface area contributed by atoms with Crippen LogP contribution in [-0.4, -0.2) is 28.4 Å². The van der Waals surface area contributed by atoms with Gasteiger partial charge in [-0.1, -0.05) is 60.7 Å². The molecule has 1 aliphatic carbocycles. The lowest BCUT2D eigenvalue weighted by atomic mass is 10.1. The first-order chi connectivity index (χ1) is 13.8. The van der Waals surface area contributed by atoms with Crippen LogP contribution in [0.25, 0.3) is 21.8 Å². The lowest BCUT2D eigenvalue weighted by Gasteiger charge is -2.29. The lowest BCUT2D eigenvalue weighted by Crippen LogP contribution is -2.35. The maximum atomic E-state index is 4.87. The van der Waals surface area contributed by atoms with E-state index in [2.05, 4.69) is 89.2 Å². The molecule has 2 aliphatic rings. The molecule has 3 heteroatoms. The standard InChI is InChI=1S/C25H25N3/c1-19-26-23-13-4-2-3-10-20(23)18-27(19)16-9-17-28-24-14-7-5-11-21(24)22-12-6-8-15-25(22)28/h2-8,10-12,14-15H,9,13,16-18H2,1H3. The fourth-order valence-electron chi connectivity index (χ4n) is 4.41. The molecule has 0 N–H and O–H groups in total. The monoisotopic (exact) mass is 367 g/mol. The topological polar surface area (TPSA) is 20.5 Å². The van der Waals surface area contributed by atoms with Crippen molar-refractivity contribution in [3.63, 3.8) is 0 Å². The van der Waals surface area contributed by atoms with Crippen molar-refractivity contribution in [2.75, 3.05) is 13.1 Å². The van der Waals surface area contributed by atoms with E-state index < -0.39 is 0 Å². The predicted molar refractivity (Wildman–Crippen MR) is 119 cm³/mol. The number of aliphatic imine (C=N–C) groups is 1. The first kappa shape index (κ1) is 17.1. The van der Waals surface area contributed by atoms with Crippen molar-refractivity contribution in [1.29, 1.82) is 0 Å². The number of hydrogen-bond donors (Lipinski definition) is 0. The van der Waals surface area contributed by atoms with Gasteiger partial charge in [-0.15, -0.1) is 0 Å². The molecule has 1 aromatic heterocycles. The second kappa shape index (κ2) is 7.16. The van der Waals surface area contributed by atoms with Gasteiger partial charge >= 0.3 is 0 Å². The van der Waals surface area contributed by atoms with E-state index in [-0.39, 0.29) is 0 Å². The summed E-state index contributed by atoms with van der Waals surface area (Å²) in [6.07, 6.45) is 10.7. The highest BCUT2D eigenvalue weighted by atomic mass is 15.2. The number of rotatable bonds is 4. The Bertz CT molecular complexity index is 1100. The zero-order chi connectivity index (χ0) is 18.9. The molecule has 2 heterocycles. The number of aryl methyl sites for hydroxylation is 1. The molecule has 0 fully saturated rings. The molecule has 0 unspecified atom stereocenters. The average molecular weight is 367 g/mol. The summed E-state index contributed by atoms with van der Waals surface area (Å²) in [5.74, 6) is 1.14. The highest BCUT2D eigenvalue weighted by molar-refractivity contribution is 6.07. The Balaban J connectivity index is 1.35. The Kier molecular flexibility index (Phi) is 4.36. The van der Waals surface area contributed by atoms with Gasteiger partial charge < -0.3 is 9.47 Å². The molecule has 3 aromatic rings. The van der Waals surface area contributed by atoms with Crippen molar-refractivity contribution in [2.24, 2.45) is 4.99 Å². The first-order valence-corrected chi connectivity index (χ1v) is 10.1. The normalized spacial score (nSPS) is 16.6. The number of nitrogens with zero attached hydrogens (tertiary/aromatic N) is 3. The van der Waals surface area contributed by atoms with E-state index in [1.54, 1.807) is 0 Å². The van der Waals surface area contributed by atoms with Gasteiger partial charge in [-0.05, 0) is 31.1 Å². The number of amidine groups is 1. The summed E-state index contributed by atoms with van der Waals surface area (Å²) in [5, 5.41) is 2.69. The van der Waals surface area contributed by atoms with E-state index in [9.17, 15) is 0 Å². The van der Waals surface area contributed by atoms with Crippen LogP contribution >= 0.6 is 0 Å². The molecule has 0 saturated heterocycles. The molecular formula is C25H25N3. The van der Waals surface area contributed by atoms with Crippen molar-refractivity contribution >= 4 is 27.6 Å². The average Bonchev–Trinajstić information content (AvgIpc) is 2.86. The van der Waals surface area contributed by atoms with E-state index in [0.717, 1.165) is 38.3 Å². The summed E-state index contributed by atoms with van der Waals surface area (Å²) in [5.41, 5.74) is 5.24. The van der Waals surface area contributed by atoms with Gasteiger partial charge in [-0.2, -0.15) is 0 Å². The van der Waals surface area contributed by atoms with Gasteiger partial charge in [-0.25, -0.2) is 4.99 Å². The van der Waals surface area contributed by atoms with E-state index in [1.807, 2.05) is 0 Å². The molecule has 2 aromatic carbocycles. The fourth-order valence-corrected chi connectivity index (χ4v) is 4.41. The molecule has 1 aliphatic heterocycles. The largest absolute Gasteiger partial charge is 0.356 e. The minimum atomic E-state index is 0.939. The van der Waals surface area contributed by atoms with Crippen LogP contribution in [0.2, 0.25) is 0 Å². The second-order valence-corrected chi connectivity index (χ2v) is 7.58. The zero-order valence-corrected chi connectivity index (χ0v) is 16.3. The van der Waals surface area contributed by atoms with Crippen molar-refractivity contribution in [3.8, 4) is 0 Å². The van der Waals surface area contributed by atoms with Crippen molar-refractivity contribution in [2.45, 2.75) is 26.3 Å². The molecule has 28 heavy (non-hydrogen) atoms. The van der Waals surface area contributed by atoms with Crippen LogP contribution in [-0.2, 0) is 6.54 Å². The van der Waals surface area contributed by atoms with Gasteiger partial charge in [0, 0.05) is 47.9 Å². The summed E-state index contributed by atoms with van der Waals surface area (Å²) in [7, 11) is 0. The molecule has 5 rings (SSSR count). The van der Waals surface area contributed by atoms with Crippen LogP contribution in [0.1, 0.15) is 19.8 Å². The quantitative estimate of drug-likeness (QED) is 0.580. The number of aromatic nitrogens is 1. The maximum Gasteiger partial charge on any atom is 0.102 e. The summed E-state index contributed by atoms with van der Waals surface area (Å²) in [6, 6.07) is 17.5. The molecule has 0 bridgehead atoms. The van der Waals surface area contributed by atoms with Crippen LogP contribution < -0.4 is 0 Å². The van der Waals surface area contributed by atoms with Crippen molar-refractivity contribution < 1.29 is 0 Å². The fraction of sp³-hybridized carbons (Fsp3) is 0.240. The van der Waals surface area contributed by atoms with Gasteiger partial charge in [0.1, 0.15) is 5.84 Å². The number of benzene rings is 2. The number of para-hydroxylation sites is 2. The minimum Gasteiger partial charge on any atom is -0.356 e. The Morgan fingerprint density at radius 1 is 0.893 bits per heavy atom. The highest BCUT2D eigenvalue weighted by Gasteiger charge is 2.18. The van der Waals surface area contributed by atoms with Crippen LogP contribution in [0.3, 0.4) is 0 Å². The van der Waals surface area contributed by atoms with E-state index in [4.69, 9.17) is 4.99 Å². The lowest BCUT2D eigenvalue weighted by molar-refractivity contribution is 0.419. The maximum absolute atomic E-state index is 4.87. The van der Waals surface area contributed by atoms with Crippen LogP contribution in [0.15, 0.2) is 89.1 Å². The summed E-state index contributed by atoms with van der Waals surface area (Å²) in [4.78, 5) is 7.29. The van der Waals surface area contributed by atoms with Crippen LogP contribution in [0.5, 0.6) is 0 Å². The van der Waals surface area contributed by atoms with Gasteiger partial charge in [0.05, 0.1) is 5.70 Å². The molecular weight excluding hydrogens is 342 g/mol. The van der Waals surface area contributed by atoms with E-state index in [0.29, 0.717) is 0 Å². The van der Waals surface area contributed by atoms with Crippen LogP contribution in [0, 0.1) is 0 Å². The van der Waals surface area contributed by atoms with Gasteiger partial charge in [0.25, 0.3) is 0 Å².